The summed E-state index contributed by atoms with van der Waals surface area (Å²) in [6, 6.07) is 9.00. The molecule has 0 bridgehead atoms. The molecule has 0 aliphatic rings. The Balaban J connectivity index is 2.17. The Bertz CT molecular complexity index is 849. The molecule has 0 aliphatic heterocycles. The second kappa shape index (κ2) is 9.24. The lowest BCUT2D eigenvalue weighted by molar-refractivity contribution is 0.0918. The van der Waals surface area contributed by atoms with Gasteiger partial charge < -0.3 is 18.8 Å². The summed E-state index contributed by atoms with van der Waals surface area (Å²) in [5, 5.41) is 9.02. The first kappa shape index (κ1) is 20.5. The number of ether oxygens (including phenoxy) is 3. The summed E-state index contributed by atoms with van der Waals surface area (Å²) in [5.74, 6) is 0.806. The van der Waals surface area contributed by atoms with Crippen LogP contribution in [0.4, 0.5) is 0 Å². The number of ketones is 1. The van der Waals surface area contributed by atoms with E-state index in [1.54, 1.807) is 25.3 Å². The van der Waals surface area contributed by atoms with Crippen LogP contribution >= 0.6 is 0 Å². The van der Waals surface area contributed by atoms with Gasteiger partial charge in [0.1, 0.15) is 0 Å². The molecule has 0 aliphatic carbocycles. The molecule has 0 saturated heterocycles. The number of hydrogen-bond acceptors (Lipinski definition) is 5. The summed E-state index contributed by atoms with van der Waals surface area (Å²) in [6.07, 6.45) is 0. The average molecular weight is 370 g/mol. The number of hydrogen-bond donors (Lipinski definition) is 0. The molecule has 0 amide bonds. The second-order valence-electron chi connectivity index (χ2n) is 6.38. The molecule has 144 valence electrons. The van der Waals surface area contributed by atoms with Crippen molar-refractivity contribution in [2.75, 3.05) is 26.9 Å². The molecular formula is C21H26N2O4. The zero-order valence-corrected chi connectivity index (χ0v) is 16.5. The Morgan fingerprint density at radius 2 is 1.96 bits per heavy atom. The number of aryl methyl sites for hydroxylation is 1. The minimum absolute atomic E-state index is 0.102. The lowest BCUT2D eigenvalue weighted by atomic mass is 10.1. The predicted molar refractivity (Wildman–Crippen MR) is 103 cm³/mol. The van der Waals surface area contributed by atoms with E-state index in [2.05, 4.69) is 17.6 Å². The molecule has 1 unspecified atom stereocenters. The molecule has 0 spiro atoms. The van der Waals surface area contributed by atoms with E-state index in [9.17, 15) is 4.79 Å². The molecule has 1 heterocycles. The molecule has 0 radical (unpaired) electrons. The third-order valence-corrected chi connectivity index (χ3v) is 4.36. The zero-order chi connectivity index (χ0) is 20.0. The topological polar surface area (TPSA) is 73.5 Å². The van der Waals surface area contributed by atoms with Crippen molar-refractivity contribution in [3.05, 3.63) is 46.8 Å². The van der Waals surface area contributed by atoms with Gasteiger partial charge in [-0.2, -0.15) is 5.26 Å². The van der Waals surface area contributed by atoms with Gasteiger partial charge in [0.2, 0.25) is 5.78 Å². The van der Waals surface area contributed by atoms with Gasteiger partial charge in [0.05, 0.1) is 30.9 Å². The van der Waals surface area contributed by atoms with Crippen molar-refractivity contribution in [1.29, 1.82) is 5.26 Å². The van der Waals surface area contributed by atoms with Crippen LogP contribution in [0, 0.1) is 25.2 Å². The minimum atomic E-state index is -0.106. The van der Waals surface area contributed by atoms with Crippen molar-refractivity contribution in [2.24, 2.45) is 0 Å². The second-order valence-corrected chi connectivity index (χ2v) is 6.38. The van der Waals surface area contributed by atoms with Gasteiger partial charge in [0.25, 0.3) is 0 Å². The Hall–Kier alpha value is -2.78. The molecule has 6 heteroatoms. The first-order valence-electron chi connectivity index (χ1n) is 8.93. The fraction of sp³-hybridized carbons (Fsp3) is 0.429. The number of methoxy groups -OCH3 is 1. The van der Waals surface area contributed by atoms with E-state index in [1.165, 1.54) is 0 Å². The van der Waals surface area contributed by atoms with Crippen LogP contribution in [0.3, 0.4) is 0 Å². The summed E-state index contributed by atoms with van der Waals surface area (Å²) >= 11 is 0. The van der Waals surface area contributed by atoms with Gasteiger partial charge in [0, 0.05) is 30.1 Å². The van der Waals surface area contributed by atoms with E-state index >= 15 is 0 Å². The number of benzene rings is 1. The third kappa shape index (κ3) is 4.69. The van der Waals surface area contributed by atoms with Crippen LogP contribution in [-0.2, 0) is 4.74 Å². The molecular weight excluding hydrogens is 344 g/mol. The Labute approximate surface area is 160 Å². The number of nitrogens with zero attached hydrogens (tertiary/aromatic N) is 2. The highest BCUT2D eigenvalue weighted by atomic mass is 16.5. The third-order valence-electron chi connectivity index (χ3n) is 4.36. The van der Waals surface area contributed by atoms with Crippen LogP contribution < -0.4 is 9.47 Å². The molecule has 1 atom stereocenters. The van der Waals surface area contributed by atoms with Crippen molar-refractivity contribution >= 4 is 5.78 Å². The smallest absolute Gasteiger partial charge is 0.202 e. The summed E-state index contributed by atoms with van der Waals surface area (Å²) in [4.78, 5) is 12.7. The molecule has 1 aromatic heterocycles. The summed E-state index contributed by atoms with van der Waals surface area (Å²) in [7, 11) is 1.66. The number of nitriles is 1. The molecule has 2 aromatic rings. The molecule has 0 N–H and O–H groups in total. The number of Topliss-reactive ketones (excluding diaryl/α,β-unsaturated/α-hetero) is 1. The maximum atomic E-state index is 12.7. The van der Waals surface area contributed by atoms with Crippen LogP contribution in [-0.4, -0.2) is 37.3 Å². The summed E-state index contributed by atoms with van der Waals surface area (Å²) in [5.41, 5.74) is 3.03. The van der Waals surface area contributed by atoms with Gasteiger partial charge in [-0.15, -0.1) is 0 Å². The van der Waals surface area contributed by atoms with E-state index in [0.29, 0.717) is 35.8 Å². The molecule has 0 fully saturated rings. The summed E-state index contributed by atoms with van der Waals surface area (Å²) < 4.78 is 18.5. The highest BCUT2D eigenvalue weighted by Crippen LogP contribution is 2.29. The van der Waals surface area contributed by atoms with E-state index in [1.807, 2.05) is 26.8 Å². The Kier molecular flexibility index (Phi) is 7.03. The van der Waals surface area contributed by atoms with Crippen LogP contribution in [0.1, 0.15) is 47.2 Å². The van der Waals surface area contributed by atoms with Crippen molar-refractivity contribution in [2.45, 2.75) is 33.7 Å². The molecule has 27 heavy (non-hydrogen) atoms. The fourth-order valence-electron chi connectivity index (χ4n) is 3.24. The van der Waals surface area contributed by atoms with Crippen molar-refractivity contribution < 1.29 is 19.0 Å². The molecule has 2 rings (SSSR count). The molecule has 6 nitrogen and oxygen atoms in total. The number of aromatic nitrogens is 1. The van der Waals surface area contributed by atoms with E-state index in [0.717, 1.165) is 11.4 Å². The van der Waals surface area contributed by atoms with Crippen molar-refractivity contribution in [1.82, 2.24) is 4.57 Å². The fourth-order valence-corrected chi connectivity index (χ4v) is 3.24. The number of carbonyl (C=O) groups is 1. The lowest BCUT2D eigenvalue weighted by Gasteiger charge is -2.17. The highest BCUT2D eigenvalue weighted by Gasteiger charge is 2.19. The minimum Gasteiger partial charge on any atom is -0.490 e. The Morgan fingerprint density at radius 1 is 1.22 bits per heavy atom. The van der Waals surface area contributed by atoms with Crippen molar-refractivity contribution in [3.63, 3.8) is 0 Å². The number of carbonyl (C=O) groups excluding carboxylic acids is 1. The van der Waals surface area contributed by atoms with Gasteiger partial charge in [-0.3, -0.25) is 4.79 Å². The van der Waals surface area contributed by atoms with Gasteiger partial charge in [-0.1, -0.05) is 0 Å². The largest absolute Gasteiger partial charge is 0.490 e. The average Bonchev–Trinajstić information content (AvgIpc) is 2.95. The van der Waals surface area contributed by atoms with Gasteiger partial charge >= 0.3 is 0 Å². The molecule has 1 aromatic carbocycles. The maximum absolute atomic E-state index is 12.7. The number of rotatable bonds is 9. The van der Waals surface area contributed by atoms with E-state index in [4.69, 9.17) is 19.5 Å². The lowest BCUT2D eigenvalue weighted by Crippen LogP contribution is -2.16. The zero-order valence-electron chi connectivity index (χ0n) is 16.5. The first-order chi connectivity index (χ1) is 12.9. The van der Waals surface area contributed by atoms with Gasteiger partial charge in [-0.05, 0) is 45.9 Å². The van der Waals surface area contributed by atoms with Crippen molar-refractivity contribution in [3.8, 4) is 17.6 Å². The Morgan fingerprint density at radius 3 is 2.59 bits per heavy atom. The summed E-state index contributed by atoms with van der Waals surface area (Å²) in [6.45, 7) is 8.73. The van der Waals surface area contributed by atoms with Gasteiger partial charge in [0.15, 0.2) is 18.1 Å². The van der Waals surface area contributed by atoms with Crippen LogP contribution in [0.5, 0.6) is 11.5 Å². The highest BCUT2D eigenvalue weighted by molar-refractivity contribution is 5.98. The predicted octanol–water partition coefficient (Wildman–Crippen LogP) is 3.84. The van der Waals surface area contributed by atoms with E-state index < -0.39 is 0 Å². The SMILES string of the molecule is CCOc1cc(C#N)ccc1OCC(=O)c1cc(C)n(C(C)COC)c1C. The van der Waals surface area contributed by atoms with Crippen LogP contribution in [0.15, 0.2) is 24.3 Å². The monoisotopic (exact) mass is 370 g/mol. The van der Waals surface area contributed by atoms with E-state index in [-0.39, 0.29) is 18.4 Å². The van der Waals surface area contributed by atoms with Gasteiger partial charge in [-0.25, -0.2) is 0 Å². The molecule has 0 saturated carbocycles. The maximum Gasteiger partial charge on any atom is 0.202 e. The standard InChI is InChI=1S/C21H26N2O4/c1-6-26-21-10-17(11-22)7-8-20(21)27-13-19(24)18-9-14(2)23(16(18)4)15(3)12-25-5/h7-10,15H,6,12-13H2,1-5H3. The quantitative estimate of drug-likeness (QED) is 0.627. The normalized spacial score (nSPS) is 11.7. The van der Waals surface area contributed by atoms with Crippen LogP contribution in [0.2, 0.25) is 0 Å². The van der Waals surface area contributed by atoms with Crippen LogP contribution in [0.25, 0.3) is 0 Å². The first-order valence-corrected chi connectivity index (χ1v) is 8.93.